The minimum atomic E-state index is 0.100. The van der Waals surface area contributed by atoms with Crippen LogP contribution in [0.2, 0.25) is 10.0 Å². The zero-order valence-electron chi connectivity index (χ0n) is 9.57. The molecular weight excluding hydrogens is 229 g/mol. The second-order valence-electron chi connectivity index (χ2n) is 4.75. The van der Waals surface area contributed by atoms with Crippen LogP contribution in [0, 0.1) is 5.41 Å². The van der Waals surface area contributed by atoms with Crippen LogP contribution in [-0.4, -0.2) is 7.05 Å². The summed E-state index contributed by atoms with van der Waals surface area (Å²) in [7, 11) is 1.94. The van der Waals surface area contributed by atoms with E-state index < -0.39 is 0 Å². The zero-order valence-corrected chi connectivity index (χ0v) is 11.1. The van der Waals surface area contributed by atoms with Gasteiger partial charge in [0.25, 0.3) is 0 Å². The summed E-state index contributed by atoms with van der Waals surface area (Å²) >= 11 is 12.2. The zero-order chi connectivity index (χ0) is 11.6. The van der Waals surface area contributed by atoms with Crippen LogP contribution in [0.4, 0.5) is 0 Å². The minimum Gasteiger partial charge on any atom is -0.313 e. The van der Waals surface area contributed by atoms with Gasteiger partial charge in [0.05, 0.1) is 0 Å². The van der Waals surface area contributed by atoms with Gasteiger partial charge in [-0.1, -0.05) is 44.0 Å². The molecule has 0 heterocycles. The van der Waals surface area contributed by atoms with Crippen LogP contribution in [0.1, 0.15) is 32.4 Å². The first kappa shape index (κ1) is 12.8. The van der Waals surface area contributed by atoms with E-state index in [0.717, 1.165) is 15.6 Å². The van der Waals surface area contributed by atoms with Gasteiger partial charge in [-0.05, 0) is 36.2 Å². The molecule has 0 fully saturated rings. The molecule has 0 aliphatic heterocycles. The molecule has 0 saturated heterocycles. The fourth-order valence-electron chi connectivity index (χ4n) is 1.79. The third-order valence-electron chi connectivity index (χ3n) is 2.42. The molecule has 3 heteroatoms. The molecule has 0 aliphatic carbocycles. The van der Waals surface area contributed by atoms with Crippen molar-refractivity contribution in [1.82, 2.24) is 5.32 Å². The summed E-state index contributed by atoms with van der Waals surface area (Å²) in [5, 5.41) is 4.76. The van der Waals surface area contributed by atoms with Crippen molar-refractivity contribution in [3.05, 3.63) is 33.8 Å². The SMILES string of the molecule is CNC(c1cc(Cl)ccc1Cl)C(C)(C)C. The average Bonchev–Trinajstić information content (AvgIpc) is 2.10. The van der Waals surface area contributed by atoms with E-state index in [1.54, 1.807) is 0 Å². The monoisotopic (exact) mass is 245 g/mol. The first-order valence-electron chi connectivity index (χ1n) is 4.98. The summed E-state index contributed by atoms with van der Waals surface area (Å²) in [6.45, 7) is 6.52. The second kappa shape index (κ2) is 4.73. The van der Waals surface area contributed by atoms with Crippen molar-refractivity contribution in [1.29, 1.82) is 0 Å². The van der Waals surface area contributed by atoms with E-state index in [9.17, 15) is 0 Å². The fourth-order valence-corrected chi connectivity index (χ4v) is 2.20. The molecule has 0 spiro atoms. The lowest BCUT2D eigenvalue weighted by Gasteiger charge is -2.31. The van der Waals surface area contributed by atoms with E-state index in [2.05, 4.69) is 26.1 Å². The summed E-state index contributed by atoms with van der Waals surface area (Å²) in [6.07, 6.45) is 0. The number of rotatable bonds is 2. The molecule has 15 heavy (non-hydrogen) atoms. The summed E-state index contributed by atoms with van der Waals surface area (Å²) < 4.78 is 0. The van der Waals surface area contributed by atoms with Crippen LogP contribution in [0.15, 0.2) is 18.2 Å². The molecule has 0 amide bonds. The van der Waals surface area contributed by atoms with Crippen molar-refractivity contribution in [2.45, 2.75) is 26.8 Å². The molecule has 1 aromatic carbocycles. The Morgan fingerprint density at radius 2 is 1.80 bits per heavy atom. The van der Waals surface area contributed by atoms with E-state index in [1.165, 1.54) is 0 Å². The van der Waals surface area contributed by atoms with Crippen molar-refractivity contribution in [2.24, 2.45) is 5.41 Å². The van der Waals surface area contributed by atoms with Gasteiger partial charge in [0.2, 0.25) is 0 Å². The Kier molecular flexibility index (Phi) is 4.05. The highest BCUT2D eigenvalue weighted by Crippen LogP contribution is 2.37. The van der Waals surface area contributed by atoms with Crippen LogP contribution in [0.25, 0.3) is 0 Å². The Morgan fingerprint density at radius 3 is 2.27 bits per heavy atom. The van der Waals surface area contributed by atoms with Gasteiger partial charge in [-0.15, -0.1) is 0 Å². The van der Waals surface area contributed by atoms with Crippen LogP contribution < -0.4 is 5.32 Å². The van der Waals surface area contributed by atoms with Gasteiger partial charge in [0, 0.05) is 16.1 Å². The lowest BCUT2D eigenvalue weighted by atomic mass is 9.82. The number of halogens is 2. The Balaban J connectivity index is 3.18. The van der Waals surface area contributed by atoms with Gasteiger partial charge in [0.1, 0.15) is 0 Å². The van der Waals surface area contributed by atoms with E-state index in [1.807, 2.05) is 25.2 Å². The molecule has 1 atom stereocenters. The third kappa shape index (κ3) is 3.10. The highest BCUT2D eigenvalue weighted by Gasteiger charge is 2.26. The van der Waals surface area contributed by atoms with Gasteiger partial charge >= 0.3 is 0 Å². The maximum atomic E-state index is 6.18. The van der Waals surface area contributed by atoms with Gasteiger partial charge in [-0.25, -0.2) is 0 Å². The quantitative estimate of drug-likeness (QED) is 0.820. The van der Waals surface area contributed by atoms with Crippen LogP contribution in [0.5, 0.6) is 0 Å². The molecule has 84 valence electrons. The molecule has 0 bridgehead atoms. The minimum absolute atomic E-state index is 0.100. The smallest absolute Gasteiger partial charge is 0.0455 e. The molecular formula is C12H17Cl2N. The largest absolute Gasteiger partial charge is 0.313 e. The molecule has 0 aromatic heterocycles. The predicted molar refractivity (Wildman–Crippen MR) is 67.7 cm³/mol. The summed E-state index contributed by atoms with van der Waals surface area (Å²) in [5.41, 5.74) is 1.16. The Labute approximate surface area is 102 Å². The van der Waals surface area contributed by atoms with Crippen molar-refractivity contribution in [3.8, 4) is 0 Å². The molecule has 1 unspecified atom stereocenters. The average molecular weight is 246 g/mol. The molecule has 0 radical (unpaired) electrons. The van der Waals surface area contributed by atoms with E-state index in [-0.39, 0.29) is 11.5 Å². The van der Waals surface area contributed by atoms with Gasteiger partial charge < -0.3 is 5.32 Å². The molecule has 0 aliphatic rings. The van der Waals surface area contributed by atoms with Crippen molar-refractivity contribution >= 4 is 23.2 Å². The normalized spacial score (nSPS) is 14.0. The molecule has 1 rings (SSSR count). The standard InChI is InChI=1S/C12H17Cl2N/c1-12(2,3)11(15-4)9-7-8(13)5-6-10(9)14/h5-7,11,15H,1-4H3. The number of nitrogens with one attached hydrogen (secondary N) is 1. The van der Waals surface area contributed by atoms with E-state index >= 15 is 0 Å². The Morgan fingerprint density at radius 1 is 1.20 bits per heavy atom. The van der Waals surface area contributed by atoms with E-state index in [4.69, 9.17) is 23.2 Å². The van der Waals surface area contributed by atoms with Crippen molar-refractivity contribution < 1.29 is 0 Å². The molecule has 1 nitrogen and oxygen atoms in total. The highest BCUT2D eigenvalue weighted by atomic mass is 35.5. The summed E-state index contributed by atoms with van der Waals surface area (Å²) in [6, 6.07) is 5.78. The maximum Gasteiger partial charge on any atom is 0.0455 e. The van der Waals surface area contributed by atoms with Gasteiger partial charge in [-0.2, -0.15) is 0 Å². The summed E-state index contributed by atoms with van der Waals surface area (Å²) in [5.74, 6) is 0. The molecule has 1 aromatic rings. The summed E-state index contributed by atoms with van der Waals surface area (Å²) in [4.78, 5) is 0. The van der Waals surface area contributed by atoms with Gasteiger partial charge in [-0.3, -0.25) is 0 Å². The first-order valence-corrected chi connectivity index (χ1v) is 5.74. The Bertz CT molecular complexity index is 342. The predicted octanol–water partition coefficient (Wildman–Crippen LogP) is 4.30. The van der Waals surface area contributed by atoms with Crippen molar-refractivity contribution in [3.63, 3.8) is 0 Å². The first-order chi connectivity index (χ1) is 6.86. The topological polar surface area (TPSA) is 12.0 Å². The van der Waals surface area contributed by atoms with Crippen LogP contribution in [0.3, 0.4) is 0 Å². The van der Waals surface area contributed by atoms with Crippen molar-refractivity contribution in [2.75, 3.05) is 7.05 Å². The molecule has 1 N–H and O–H groups in total. The highest BCUT2D eigenvalue weighted by molar-refractivity contribution is 6.33. The van der Waals surface area contributed by atoms with Gasteiger partial charge in [0.15, 0.2) is 0 Å². The van der Waals surface area contributed by atoms with Crippen LogP contribution >= 0.6 is 23.2 Å². The number of benzene rings is 1. The Hall–Kier alpha value is -0.240. The second-order valence-corrected chi connectivity index (χ2v) is 5.60. The van der Waals surface area contributed by atoms with E-state index in [0.29, 0.717) is 0 Å². The van der Waals surface area contributed by atoms with Crippen LogP contribution in [-0.2, 0) is 0 Å². The number of hydrogen-bond donors (Lipinski definition) is 1. The lowest BCUT2D eigenvalue weighted by Crippen LogP contribution is -2.29. The fraction of sp³-hybridized carbons (Fsp3) is 0.500. The third-order valence-corrected chi connectivity index (χ3v) is 3.00. The number of hydrogen-bond acceptors (Lipinski definition) is 1. The maximum absolute atomic E-state index is 6.18. The lowest BCUT2D eigenvalue weighted by molar-refractivity contribution is 0.287. The molecule has 0 saturated carbocycles.